The molecule has 0 spiro atoms. The Hall–Kier alpha value is -3.53. The van der Waals surface area contributed by atoms with Gasteiger partial charge in [-0.15, -0.1) is 29.1 Å². The Morgan fingerprint density at radius 2 is 1.46 bits per heavy atom. The molecule has 1 radical (unpaired) electrons. The number of carbonyl (C=O) groups excluding carboxylic acids is 1. The number of aliphatic hydroxyl groups is 1. The molecule has 1 saturated carbocycles. The van der Waals surface area contributed by atoms with Gasteiger partial charge in [-0.05, 0) is 89.9 Å². The van der Waals surface area contributed by atoms with Gasteiger partial charge in [0.05, 0.1) is 5.76 Å². The van der Waals surface area contributed by atoms with Crippen LogP contribution in [0.1, 0.15) is 133 Å². The van der Waals surface area contributed by atoms with Crippen LogP contribution >= 0.6 is 0 Å². The van der Waals surface area contributed by atoms with Crippen LogP contribution < -0.4 is 0 Å². The number of fused-ring (bicyclic) bond motifs is 2. The molecule has 5 aromatic rings. The molecule has 0 saturated heterocycles. The Bertz CT molecular complexity index is 2120. The number of ketones is 1. The minimum atomic E-state index is -0.0119. The van der Waals surface area contributed by atoms with Crippen molar-refractivity contribution in [2.45, 2.75) is 127 Å². The first kappa shape index (κ1) is 46.2. The van der Waals surface area contributed by atoms with Crippen molar-refractivity contribution in [1.82, 2.24) is 4.98 Å². The van der Waals surface area contributed by atoms with Gasteiger partial charge in [0.2, 0.25) is 0 Å². The Labute approximate surface area is 357 Å². The molecule has 0 bridgehead atoms. The summed E-state index contributed by atoms with van der Waals surface area (Å²) in [6, 6.07) is 27.5. The number of hydrogen-bond donors (Lipinski definition) is 1. The molecule has 3 aromatic carbocycles. The molecule has 2 aromatic heterocycles. The zero-order valence-corrected chi connectivity index (χ0v) is 39.3. The molecule has 6 rings (SSSR count). The molecule has 5 heteroatoms. The fourth-order valence-electron chi connectivity index (χ4n) is 9.11. The molecule has 57 heavy (non-hydrogen) atoms. The van der Waals surface area contributed by atoms with Crippen LogP contribution in [-0.2, 0) is 30.3 Å². The van der Waals surface area contributed by atoms with Crippen molar-refractivity contribution in [2.24, 2.45) is 40.9 Å². The van der Waals surface area contributed by atoms with E-state index in [0.717, 1.165) is 38.9 Å². The molecule has 1 fully saturated rings. The summed E-state index contributed by atoms with van der Waals surface area (Å²) in [5, 5.41) is 13.8. The van der Waals surface area contributed by atoms with Crippen molar-refractivity contribution in [3.8, 4) is 22.6 Å². The molecule has 1 N–H and O–H groups in total. The molecule has 0 aliphatic heterocycles. The average Bonchev–Trinajstić information content (AvgIpc) is 3.54. The summed E-state index contributed by atoms with van der Waals surface area (Å²) in [6.45, 7) is 28.2. The monoisotopic (exact) mass is 947 g/mol. The van der Waals surface area contributed by atoms with E-state index in [1.807, 2.05) is 12.3 Å². The van der Waals surface area contributed by atoms with Gasteiger partial charge in [0.1, 0.15) is 11.3 Å². The number of pyridine rings is 1. The molecule has 1 aliphatic carbocycles. The maximum Gasteiger partial charge on any atom is 0.162 e. The predicted molar refractivity (Wildman–Crippen MR) is 237 cm³/mol. The van der Waals surface area contributed by atoms with E-state index in [2.05, 4.69) is 157 Å². The van der Waals surface area contributed by atoms with Crippen molar-refractivity contribution < 1.29 is 34.4 Å². The SMILES string of the molecule is CC(C)C(C(=O)/C=C(\O)C(C(C)C)C(C)C)C(C)C.CC1(C)CCC(c2ccc3cc(-c4ccnc(-c5[c-]c6ccccc6c(C(C)(C)C)c5)c4)oc3c2)CC1.[Ir]. The van der Waals surface area contributed by atoms with Gasteiger partial charge in [-0.2, -0.15) is 0 Å². The first-order valence-electron chi connectivity index (χ1n) is 21.2. The molecule has 309 valence electrons. The molecule has 0 amide bonds. The van der Waals surface area contributed by atoms with E-state index in [1.165, 1.54) is 48.3 Å². The Kier molecular flexibility index (Phi) is 15.4. The number of aromatic nitrogens is 1. The van der Waals surface area contributed by atoms with Crippen molar-refractivity contribution >= 4 is 27.5 Å². The maximum absolute atomic E-state index is 12.3. The largest absolute Gasteiger partial charge is 0.512 e. The number of carbonyl (C=O) groups is 1. The first-order valence-corrected chi connectivity index (χ1v) is 21.2. The molecular formula is C52H68IrNO3-. The van der Waals surface area contributed by atoms with Crippen LogP contribution in [0.5, 0.6) is 0 Å². The van der Waals surface area contributed by atoms with Gasteiger partial charge in [-0.25, -0.2) is 0 Å². The van der Waals surface area contributed by atoms with E-state index in [0.29, 0.717) is 35.0 Å². The zero-order valence-electron chi connectivity index (χ0n) is 36.9. The Morgan fingerprint density at radius 3 is 2.05 bits per heavy atom. The maximum atomic E-state index is 12.3. The zero-order chi connectivity index (χ0) is 41.1. The van der Waals surface area contributed by atoms with Gasteiger partial charge in [-0.3, -0.25) is 9.78 Å². The second kappa shape index (κ2) is 19.0. The van der Waals surface area contributed by atoms with Gasteiger partial charge in [0.15, 0.2) is 5.78 Å². The average molecular weight is 947 g/mol. The standard InChI is InChI=1S/C35H36NO.C17H32O2.Ir/c1-34(2,3)30-19-28(18-25-8-6-7-9-29(25)30)31-20-27(14-17-36-31)33-22-26-11-10-24(21-32(26)37-33)23-12-15-35(4,5)16-13-23;1-10(2)16(11(3)4)14(18)9-15(19)17(12(5)6)13(7)8;/h6-11,14,17,19-23H,12-13,15-16H2,1-5H3;9-13,16-18H,1-8H3;/q-1;;/b;14-9-;. The minimum Gasteiger partial charge on any atom is -0.512 e. The minimum absolute atomic E-state index is 0. The van der Waals surface area contributed by atoms with Crippen LogP contribution in [0.3, 0.4) is 0 Å². The number of benzene rings is 3. The summed E-state index contributed by atoms with van der Waals surface area (Å²) < 4.78 is 6.43. The van der Waals surface area contributed by atoms with E-state index in [4.69, 9.17) is 9.40 Å². The van der Waals surface area contributed by atoms with Crippen molar-refractivity contribution in [3.05, 3.63) is 102 Å². The number of hydrogen-bond acceptors (Lipinski definition) is 4. The van der Waals surface area contributed by atoms with Crippen LogP contribution in [0.15, 0.2) is 89.2 Å². The van der Waals surface area contributed by atoms with E-state index in [-0.39, 0.29) is 48.9 Å². The van der Waals surface area contributed by atoms with Gasteiger partial charge >= 0.3 is 0 Å². The predicted octanol–water partition coefficient (Wildman–Crippen LogP) is 14.9. The Balaban J connectivity index is 0.000000309. The molecule has 0 unspecified atom stereocenters. The fraction of sp³-hybridized carbons (Fsp3) is 0.500. The van der Waals surface area contributed by atoms with E-state index in [9.17, 15) is 9.90 Å². The number of furan rings is 1. The van der Waals surface area contributed by atoms with Gasteiger partial charge in [-0.1, -0.05) is 137 Å². The third kappa shape index (κ3) is 11.4. The summed E-state index contributed by atoms with van der Waals surface area (Å²) in [4.78, 5) is 17.1. The topological polar surface area (TPSA) is 63.3 Å². The third-order valence-corrected chi connectivity index (χ3v) is 12.1. The molecule has 2 heterocycles. The van der Waals surface area contributed by atoms with Crippen LogP contribution in [-0.4, -0.2) is 15.9 Å². The van der Waals surface area contributed by atoms with E-state index >= 15 is 0 Å². The summed E-state index contributed by atoms with van der Waals surface area (Å²) >= 11 is 0. The van der Waals surface area contributed by atoms with Crippen molar-refractivity contribution in [2.75, 3.05) is 0 Å². The number of nitrogens with zero attached hydrogens (tertiary/aromatic N) is 1. The smallest absolute Gasteiger partial charge is 0.162 e. The van der Waals surface area contributed by atoms with Crippen molar-refractivity contribution in [3.63, 3.8) is 0 Å². The van der Waals surface area contributed by atoms with Crippen LogP contribution in [0.4, 0.5) is 0 Å². The quantitative estimate of drug-likeness (QED) is 0.0861. The van der Waals surface area contributed by atoms with E-state index in [1.54, 1.807) is 0 Å². The summed E-state index contributed by atoms with van der Waals surface area (Å²) in [7, 11) is 0. The third-order valence-electron chi connectivity index (χ3n) is 12.1. The molecule has 1 aliphatic rings. The van der Waals surface area contributed by atoms with Crippen LogP contribution in [0.25, 0.3) is 44.3 Å². The normalized spacial score (nSPS) is 15.2. The van der Waals surface area contributed by atoms with E-state index < -0.39 is 0 Å². The van der Waals surface area contributed by atoms with Crippen molar-refractivity contribution in [1.29, 1.82) is 0 Å². The van der Waals surface area contributed by atoms with Gasteiger partial charge in [0, 0.05) is 60.9 Å². The number of rotatable bonds is 10. The van der Waals surface area contributed by atoms with Gasteiger partial charge in [0.25, 0.3) is 0 Å². The Morgan fingerprint density at radius 1 is 0.842 bits per heavy atom. The molecule has 4 nitrogen and oxygen atoms in total. The summed E-state index contributed by atoms with van der Waals surface area (Å²) in [5.41, 5.74) is 7.18. The fourth-order valence-corrected chi connectivity index (χ4v) is 9.11. The second-order valence-corrected chi connectivity index (χ2v) is 19.7. The van der Waals surface area contributed by atoms with Gasteiger partial charge < -0.3 is 9.52 Å². The van der Waals surface area contributed by atoms with Crippen LogP contribution in [0.2, 0.25) is 0 Å². The summed E-state index contributed by atoms with van der Waals surface area (Å²) in [6.07, 6.45) is 8.47. The second-order valence-electron chi connectivity index (χ2n) is 19.7. The molecule has 0 atom stereocenters. The summed E-state index contributed by atoms with van der Waals surface area (Å²) in [5.74, 6) is 3.15. The molecular weight excluding hydrogens is 879 g/mol. The number of aliphatic hydroxyl groups excluding tert-OH is 1. The first-order chi connectivity index (χ1) is 26.3. The number of allylic oxidation sites excluding steroid dienone is 2. The van der Waals surface area contributed by atoms with Crippen LogP contribution in [0, 0.1) is 47.0 Å².